The zero-order chi connectivity index (χ0) is 22.2. The van der Waals surface area contributed by atoms with Crippen LogP contribution < -0.4 is 16.5 Å². The summed E-state index contributed by atoms with van der Waals surface area (Å²) in [6.07, 6.45) is 6.80. The van der Waals surface area contributed by atoms with Crippen molar-refractivity contribution in [3.63, 3.8) is 0 Å². The lowest BCUT2D eigenvalue weighted by Crippen LogP contribution is -2.17. The highest BCUT2D eigenvalue weighted by Gasteiger charge is 2.27. The van der Waals surface area contributed by atoms with Crippen LogP contribution in [0.2, 0.25) is 0 Å². The summed E-state index contributed by atoms with van der Waals surface area (Å²) in [4.78, 5) is 4.69. The summed E-state index contributed by atoms with van der Waals surface area (Å²) in [6.45, 7) is 4.32. The molecule has 1 saturated carbocycles. The third-order valence-corrected chi connectivity index (χ3v) is 6.76. The van der Waals surface area contributed by atoms with E-state index in [0.29, 0.717) is 11.9 Å². The van der Waals surface area contributed by atoms with E-state index in [0.717, 1.165) is 30.1 Å². The van der Waals surface area contributed by atoms with Crippen LogP contribution in [0.3, 0.4) is 0 Å². The number of nitrogens with zero attached hydrogens (tertiary/aromatic N) is 2. The van der Waals surface area contributed by atoms with Crippen LogP contribution >= 0.6 is 0 Å². The Bertz CT molecular complexity index is 1150. The molecule has 2 aliphatic carbocycles. The molecule has 1 atom stereocenters. The Morgan fingerprint density at radius 1 is 1.06 bits per heavy atom. The molecule has 4 N–H and O–H groups in total. The van der Waals surface area contributed by atoms with E-state index in [9.17, 15) is 0 Å². The molecular formula is C27H31N5. The summed E-state index contributed by atoms with van der Waals surface area (Å²) in [5, 5.41) is 7.82. The van der Waals surface area contributed by atoms with Crippen molar-refractivity contribution in [3.8, 4) is 11.1 Å². The first-order chi connectivity index (χ1) is 15.5. The molecule has 1 heterocycles. The van der Waals surface area contributed by atoms with Crippen LogP contribution in [0.1, 0.15) is 64.6 Å². The van der Waals surface area contributed by atoms with Gasteiger partial charge in [-0.3, -0.25) is 0 Å². The van der Waals surface area contributed by atoms with E-state index in [1.54, 1.807) is 7.05 Å². The highest BCUT2D eigenvalue weighted by atomic mass is 15.3. The molecule has 1 unspecified atom stereocenters. The summed E-state index contributed by atoms with van der Waals surface area (Å²) >= 11 is 0. The Labute approximate surface area is 190 Å². The average Bonchev–Trinajstić information content (AvgIpc) is 3.55. The van der Waals surface area contributed by atoms with Gasteiger partial charge in [-0.25, -0.2) is 4.98 Å². The maximum atomic E-state index is 6.12. The van der Waals surface area contributed by atoms with Crippen molar-refractivity contribution in [2.45, 2.75) is 51.5 Å². The quantitative estimate of drug-likeness (QED) is 0.289. The van der Waals surface area contributed by atoms with Gasteiger partial charge in [0.15, 0.2) is 5.84 Å². The van der Waals surface area contributed by atoms with Gasteiger partial charge in [-0.2, -0.15) is 5.10 Å². The number of hydrogen-bond donors (Lipinski definition) is 3. The van der Waals surface area contributed by atoms with Crippen molar-refractivity contribution in [2.75, 3.05) is 12.4 Å². The first-order valence-electron chi connectivity index (χ1n) is 11.5. The van der Waals surface area contributed by atoms with E-state index in [2.05, 4.69) is 77.1 Å². The minimum Gasteiger partial charge on any atom is -0.382 e. The van der Waals surface area contributed by atoms with Crippen LogP contribution in [-0.4, -0.2) is 17.9 Å². The molecule has 5 rings (SSSR count). The third-order valence-electron chi connectivity index (χ3n) is 6.76. The minimum absolute atomic E-state index is 0.294. The number of nitrogens with one attached hydrogen (secondary N) is 2. The number of pyridine rings is 1. The lowest BCUT2D eigenvalue weighted by Gasteiger charge is -2.18. The molecule has 2 aliphatic rings. The van der Waals surface area contributed by atoms with Gasteiger partial charge < -0.3 is 16.5 Å². The number of aryl methyl sites for hydroxylation is 2. The predicted octanol–water partition coefficient (Wildman–Crippen LogP) is 5.18. The molecule has 5 heteroatoms. The van der Waals surface area contributed by atoms with Gasteiger partial charge >= 0.3 is 0 Å². The number of amidine groups is 1. The average molecular weight is 426 g/mol. The third kappa shape index (κ3) is 3.83. The minimum atomic E-state index is 0.294. The van der Waals surface area contributed by atoms with Crippen LogP contribution in [-0.2, 0) is 6.42 Å². The molecule has 164 valence electrons. The molecule has 2 aromatic carbocycles. The van der Waals surface area contributed by atoms with Crippen LogP contribution in [0.5, 0.6) is 0 Å². The topological polar surface area (TPSA) is 75.3 Å². The molecule has 0 spiro atoms. The van der Waals surface area contributed by atoms with Crippen LogP contribution in [0.4, 0.5) is 5.82 Å². The lowest BCUT2D eigenvalue weighted by atomic mass is 9.89. The van der Waals surface area contributed by atoms with Gasteiger partial charge in [0, 0.05) is 18.8 Å². The molecule has 5 nitrogen and oxygen atoms in total. The Balaban J connectivity index is 1.44. The second kappa shape index (κ2) is 8.30. The summed E-state index contributed by atoms with van der Waals surface area (Å²) in [6, 6.07) is 15.6. The van der Waals surface area contributed by atoms with E-state index >= 15 is 0 Å². The number of benzene rings is 2. The van der Waals surface area contributed by atoms with Gasteiger partial charge in [0.25, 0.3) is 0 Å². The number of aromatic nitrogens is 1. The van der Waals surface area contributed by atoms with Crippen molar-refractivity contribution < 1.29 is 0 Å². The second-order valence-electron chi connectivity index (χ2n) is 9.07. The SMILES string of the molecule is CN/N=C(\N)c1cc(C)c(-c2cccc3c2CCC3Nc2ccc(C3CC3)cn2)c(C)c1. The molecule has 0 bridgehead atoms. The molecular weight excluding hydrogens is 394 g/mol. The van der Waals surface area contributed by atoms with Crippen LogP contribution in [0, 0.1) is 13.8 Å². The second-order valence-corrected chi connectivity index (χ2v) is 9.07. The Hall–Kier alpha value is -3.34. The van der Waals surface area contributed by atoms with Crippen molar-refractivity contribution in [1.29, 1.82) is 0 Å². The highest BCUT2D eigenvalue weighted by molar-refractivity contribution is 5.98. The van der Waals surface area contributed by atoms with Crippen LogP contribution in [0.15, 0.2) is 53.8 Å². The van der Waals surface area contributed by atoms with E-state index in [1.165, 1.54) is 51.8 Å². The van der Waals surface area contributed by atoms with E-state index in [4.69, 9.17) is 5.73 Å². The number of hydrogen-bond acceptors (Lipinski definition) is 4. The fourth-order valence-electron chi connectivity index (χ4n) is 5.09. The van der Waals surface area contributed by atoms with Crippen molar-refractivity contribution in [1.82, 2.24) is 10.4 Å². The molecule has 32 heavy (non-hydrogen) atoms. The largest absolute Gasteiger partial charge is 0.382 e. The summed E-state index contributed by atoms with van der Waals surface area (Å²) < 4.78 is 0. The van der Waals surface area contributed by atoms with Gasteiger partial charge in [-0.1, -0.05) is 24.3 Å². The van der Waals surface area contributed by atoms with Gasteiger partial charge in [-0.15, -0.1) is 0 Å². The first-order valence-corrected chi connectivity index (χ1v) is 11.5. The maximum Gasteiger partial charge on any atom is 0.150 e. The summed E-state index contributed by atoms with van der Waals surface area (Å²) in [5.74, 6) is 2.21. The number of rotatable bonds is 6. The normalized spacial score (nSPS) is 17.8. The Morgan fingerprint density at radius 2 is 1.84 bits per heavy atom. The molecule has 0 aliphatic heterocycles. The molecule has 1 aromatic heterocycles. The lowest BCUT2D eigenvalue weighted by molar-refractivity contribution is 0.757. The zero-order valence-electron chi connectivity index (χ0n) is 19.1. The molecule has 1 fully saturated rings. The van der Waals surface area contributed by atoms with Crippen molar-refractivity contribution in [3.05, 3.63) is 82.0 Å². The van der Waals surface area contributed by atoms with Gasteiger partial charge in [0.05, 0.1) is 6.04 Å². The molecule has 3 aromatic rings. The number of fused-ring (bicyclic) bond motifs is 1. The number of nitrogens with two attached hydrogens (primary N) is 1. The molecule has 0 saturated heterocycles. The Morgan fingerprint density at radius 3 is 2.50 bits per heavy atom. The summed E-state index contributed by atoms with van der Waals surface area (Å²) in [5.41, 5.74) is 19.1. The molecule has 0 amide bonds. The fourth-order valence-corrected chi connectivity index (χ4v) is 5.09. The van der Waals surface area contributed by atoms with Crippen molar-refractivity contribution >= 4 is 11.7 Å². The van der Waals surface area contributed by atoms with E-state index in [1.807, 2.05) is 6.20 Å². The van der Waals surface area contributed by atoms with Gasteiger partial charge in [0.2, 0.25) is 0 Å². The van der Waals surface area contributed by atoms with Crippen LogP contribution in [0.25, 0.3) is 11.1 Å². The monoisotopic (exact) mass is 425 g/mol. The van der Waals surface area contributed by atoms with E-state index < -0.39 is 0 Å². The van der Waals surface area contributed by atoms with Gasteiger partial charge in [0.1, 0.15) is 5.82 Å². The number of anilines is 1. The van der Waals surface area contributed by atoms with Gasteiger partial charge in [-0.05, 0) is 103 Å². The fraction of sp³-hybridized carbons (Fsp3) is 0.333. The maximum absolute atomic E-state index is 6.12. The van der Waals surface area contributed by atoms with E-state index in [-0.39, 0.29) is 0 Å². The van der Waals surface area contributed by atoms with Crippen molar-refractivity contribution in [2.24, 2.45) is 10.8 Å². The zero-order valence-corrected chi connectivity index (χ0v) is 19.1. The highest BCUT2D eigenvalue weighted by Crippen LogP contribution is 2.42. The first kappa shape index (κ1) is 20.6. The summed E-state index contributed by atoms with van der Waals surface area (Å²) in [7, 11) is 1.76. The molecule has 0 radical (unpaired) electrons. The number of hydrazone groups is 1. The standard InChI is InChI=1S/C27H31N5/c1-16-13-20(27(28)32-29-3)14-17(2)26(16)23-6-4-5-22-21(23)10-11-24(22)31-25-12-9-19(15-30-25)18-7-8-18/h4-6,9,12-15,18,24,29H,7-8,10-11H2,1-3H3,(H2,28,32)(H,30,31). The Kier molecular flexibility index (Phi) is 5.33. The smallest absolute Gasteiger partial charge is 0.150 e. The predicted molar refractivity (Wildman–Crippen MR) is 132 cm³/mol.